The van der Waals surface area contributed by atoms with Crippen molar-refractivity contribution in [3.05, 3.63) is 41.5 Å². The molecule has 4 rings (SSSR count). The number of nitrogens with one attached hydrogen (secondary N) is 1. The lowest BCUT2D eigenvalue weighted by Crippen LogP contribution is -2.41. The Kier molecular flexibility index (Phi) is 5.71. The topological polar surface area (TPSA) is 76.8 Å². The molecule has 8 heteroatoms. The van der Waals surface area contributed by atoms with Gasteiger partial charge < -0.3 is 24.3 Å². The first-order valence-corrected chi connectivity index (χ1v) is 10.2. The number of aryl methyl sites for hydroxylation is 1. The SMILES string of the molecule is COc1ccc(CN=C(NCc2nnc(C)n2C)N2CCC3(CCOC3)C2)cc1. The number of rotatable bonds is 5. The molecular weight excluding hydrogens is 368 g/mol. The van der Waals surface area contributed by atoms with E-state index in [2.05, 4.69) is 32.5 Å². The molecule has 2 fully saturated rings. The first-order valence-electron chi connectivity index (χ1n) is 10.2. The minimum Gasteiger partial charge on any atom is -0.497 e. The van der Waals surface area contributed by atoms with Crippen LogP contribution in [0.4, 0.5) is 0 Å². The van der Waals surface area contributed by atoms with Crippen LogP contribution in [0.25, 0.3) is 0 Å². The fourth-order valence-electron chi connectivity index (χ4n) is 4.02. The van der Waals surface area contributed by atoms with Gasteiger partial charge in [0.2, 0.25) is 0 Å². The number of aliphatic imine (C=N–C) groups is 1. The molecule has 8 nitrogen and oxygen atoms in total. The van der Waals surface area contributed by atoms with E-state index in [4.69, 9.17) is 14.5 Å². The number of aromatic nitrogens is 3. The molecule has 0 bridgehead atoms. The van der Waals surface area contributed by atoms with E-state index in [0.717, 1.165) is 68.1 Å². The third-order valence-electron chi connectivity index (χ3n) is 6.08. The Morgan fingerprint density at radius 1 is 1.28 bits per heavy atom. The number of hydrogen-bond acceptors (Lipinski definition) is 5. The van der Waals surface area contributed by atoms with Crippen molar-refractivity contribution in [1.29, 1.82) is 0 Å². The van der Waals surface area contributed by atoms with Gasteiger partial charge in [0.1, 0.15) is 11.6 Å². The Labute approximate surface area is 171 Å². The summed E-state index contributed by atoms with van der Waals surface area (Å²) in [4.78, 5) is 7.29. The molecule has 1 atom stereocenters. The first kappa shape index (κ1) is 19.7. The minimum absolute atomic E-state index is 0.282. The monoisotopic (exact) mass is 398 g/mol. The molecule has 0 amide bonds. The van der Waals surface area contributed by atoms with E-state index in [1.54, 1.807) is 7.11 Å². The van der Waals surface area contributed by atoms with E-state index in [-0.39, 0.29) is 5.41 Å². The summed E-state index contributed by atoms with van der Waals surface area (Å²) < 4.78 is 12.9. The van der Waals surface area contributed by atoms with E-state index < -0.39 is 0 Å². The molecule has 0 aliphatic carbocycles. The molecule has 1 aromatic heterocycles. The van der Waals surface area contributed by atoms with Gasteiger partial charge >= 0.3 is 0 Å². The van der Waals surface area contributed by atoms with Crippen LogP contribution in [0.2, 0.25) is 0 Å². The van der Waals surface area contributed by atoms with Crippen LogP contribution in [0.1, 0.15) is 30.1 Å². The Morgan fingerprint density at radius 2 is 2.10 bits per heavy atom. The van der Waals surface area contributed by atoms with Crippen molar-refractivity contribution < 1.29 is 9.47 Å². The second kappa shape index (κ2) is 8.41. The number of nitrogens with zero attached hydrogens (tertiary/aromatic N) is 5. The molecule has 29 heavy (non-hydrogen) atoms. The zero-order valence-corrected chi connectivity index (χ0v) is 17.5. The lowest BCUT2D eigenvalue weighted by atomic mass is 9.87. The Hall–Kier alpha value is -2.61. The Balaban J connectivity index is 1.48. The first-order chi connectivity index (χ1) is 14.1. The van der Waals surface area contributed by atoms with Gasteiger partial charge in [-0.1, -0.05) is 12.1 Å². The second-order valence-electron chi connectivity index (χ2n) is 8.04. The maximum Gasteiger partial charge on any atom is 0.194 e. The molecule has 3 heterocycles. The van der Waals surface area contributed by atoms with Crippen LogP contribution >= 0.6 is 0 Å². The van der Waals surface area contributed by atoms with Crippen molar-refractivity contribution in [2.75, 3.05) is 33.4 Å². The summed E-state index contributed by atoms with van der Waals surface area (Å²) in [5.74, 6) is 3.58. The highest BCUT2D eigenvalue weighted by atomic mass is 16.5. The molecule has 2 saturated heterocycles. The van der Waals surface area contributed by atoms with Crippen LogP contribution in [-0.2, 0) is 24.9 Å². The lowest BCUT2D eigenvalue weighted by molar-refractivity contribution is 0.156. The fourth-order valence-corrected chi connectivity index (χ4v) is 4.02. The van der Waals surface area contributed by atoms with Gasteiger partial charge in [0, 0.05) is 32.2 Å². The van der Waals surface area contributed by atoms with Crippen LogP contribution < -0.4 is 10.1 Å². The quantitative estimate of drug-likeness (QED) is 0.612. The number of likely N-dealkylation sites (tertiary alicyclic amines) is 1. The molecule has 0 saturated carbocycles. The largest absolute Gasteiger partial charge is 0.497 e. The van der Waals surface area contributed by atoms with Crippen molar-refractivity contribution in [3.8, 4) is 5.75 Å². The van der Waals surface area contributed by atoms with Crippen LogP contribution in [-0.4, -0.2) is 59.0 Å². The highest BCUT2D eigenvalue weighted by molar-refractivity contribution is 5.80. The third kappa shape index (κ3) is 4.37. The molecule has 156 valence electrons. The maximum absolute atomic E-state index is 5.69. The van der Waals surface area contributed by atoms with Crippen LogP contribution in [0, 0.1) is 12.3 Å². The fraction of sp³-hybridized carbons (Fsp3) is 0.571. The number of hydrogen-bond donors (Lipinski definition) is 1. The van der Waals surface area contributed by atoms with Crippen molar-refractivity contribution in [2.24, 2.45) is 17.5 Å². The van der Waals surface area contributed by atoms with E-state index in [1.165, 1.54) is 0 Å². The Morgan fingerprint density at radius 3 is 2.76 bits per heavy atom. The molecule has 2 aliphatic heterocycles. The van der Waals surface area contributed by atoms with Crippen LogP contribution in [0.15, 0.2) is 29.3 Å². The highest BCUT2D eigenvalue weighted by Gasteiger charge is 2.42. The number of methoxy groups -OCH3 is 1. The molecule has 2 aromatic rings. The van der Waals surface area contributed by atoms with Gasteiger partial charge in [0.25, 0.3) is 0 Å². The maximum atomic E-state index is 5.69. The minimum atomic E-state index is 0.282. The molecule has 1 aromatic carbocycles. The van der Waals surface area contributed by atoms with Crippen molar-refractivity contribution in [1.82, 2.24) is 25.0 Å². The number of benzene rings is 1. The van der Waals surface area contributed by atoms with Gasteiger partial charge in [-0.3, -0.25) is 0 Å². The molecular formula is C21H30N6O2. The summed E-state index contributed by atoms with van der Waals surface area (Å²) in [5.41, 5.74) is 1.43. The summed E-state index contributed by atoms with van der Waals surface area (Å²) in [6.45, 7) is 6.88. The van der Waals surface area contributed by atoms with E-state index in [9.17, 15) is 0 Å². The summed E-state index contributed by atoms with van der Waals surface area (Å²) in [5, 5.41) is 11.9. The smallest absolute Gasteiger partial charge is 0.194 e. The predicted molar refractivity (Wildman–Crippen MR) is 111 cm³/mol. The lowest BCUT2D eigenvalue weighted by Gasteiger charge is -2.25. The summed E-state index contributed by atoms with van der Waals surface area (Å²) in [6.07, 6.45) is 2.29. The zero-order chi connectivity index (χ0) is 20.3. The Bertz CT molecular complexity index is 855. The normalized spacial score (nSPS) is 21.9. The van der Waals surface area contributed by atoms with Gasteiger partial charge in [-0.25, -0.2) is 4.99 Å². The van der Waals surface area contributed by atoms with Crippen molar-refractivity contribution in [3.63, 3.8) is 0 Å². The molecule has 1 N–H and O–H groups in total. The average Bonchev–Trinajstić information content (AvgIpc) is 3.46. The van der Waals surface area contributed by atoms with Gasteiger partial charge in [-0.2, -0.15) is 0 Å². The highest BCUT2D eigenvalue weighted by Crippen LogP contribution is 2.38. The summed E-state index contributed by atoms with van der Waals surface area (Å²) in [6, 6.07) is 8.06. The van der Waals surface area contributed by atoms with Gasteiger partial charge in [-0.05, 0) is 37.5 Å². The average molecular weight is 399 g/mol. The van der Waals surface area contributed by atoms with Crippen LogP contribution in [0.3, 0.4) is 0 Å². The second-order valence-corrected chi connectivity index (χ2v) is 8.04. The standard InChI is InChI=1S/C21H30N6O2/c1-16-24-25-19(26(16)2)13-23-20(22-12-17-4-6-18(28-3)7-5-17)27-10-8-21(14-27)9-11-29-15-21/h4-7H,8-15H2,1-3H3,(H,22,23). The van der Waals surface area contributed by atoms with Gasteiger partial charge in [0.15, 0.2) is 11.8 Å². The molecule has 1 unspecified atom stereocenters. The molecule has 1 spiro atoms. The third-order valence-corrected chi connectivity index (χ3v) is 6.08. The van der Waals surface area contributed by atoms with Crippen molar-refractivity contribution in [2.45, 2.75) is 32.9 Å². The molecule has 2 aliphatic rings. The van der Waals surface area contributed by atoms with Gasteiger partial charge in [-0.15, -0.1) is 10.2 Å². The number of guanidine groups is 1. The van der Waals surface area contributed by atoms with Crippen molar-refractivity contribution >= 4 is 5.96 Å². The van der Waals surface area contributed by atoms with Crippen LogP contribution in [0.5, 0.6) is 5.75 Å². The van der Waals surface area contributed by atoms with Gasteiger partial charge in [0.05, 0.1) is 26.8 Å². The van der Waals surface area contributed by atoms with E-state index in [1.807, 2.05) is 30.7 Å². The zero-order valence-electron chi connectivity index (χ0n) is 17.5. The number of ether oxygens (including phenoxy) is 2. The summed E-state index contributed by atoms with van der Waals surface area (Å²) >= 11 is 0. The van der Waals surface area contributed by atoms with E-state index in [0.29, 0.717) is 13.1 Å². The predicted octanol–water partition coefficient (Wildman–Crippen LogP) is 1.89. The van der Waals surface area contributed by atoms with E-state index >= 15 is 0 Å². The molecule has 0 radical (unpaired) electrons. The summed E-state index contributed by atoms with van der Waals surface area (Å²) in [7, 11) is 3.67.